The summed E-state index contributed by atoms with van der Waals surface area (Å²) in [5.74, 6) is 0. The first-order valence-corrected chi connectivity index (χ1v) is 8.68. The molecule has 21 heavy (non-hydrogen) atoms. The molecule has 1 aromatic heterocycles. The van der Waals surface area contributed by atoms with Crippen molar-refractivity contribution in [2.24, 2.45) is 0 Å². The van der Waals surface area contributed by atoms with Crippen molar-refractivity contribution in [3.63, 3.8) is 0 Å². The zero-order valence-electron chi connectivity index (χ0n) is 11.6. The summed E-state index contributed by atoms with van der Waals surface area (Å²) in [6.45, 7) is 2.92. The molecular weight excluding hydrogens is 325 g/mol. The summed E-state index contributed by atoms with van der Waals surface area (Å²) in [7, 11) is 0. The fourth-order valence-electron chi connectivity index (χ4n) is 2.56. The molecule has 3 rings (SSSR count). The minimum absolute atomic E-state index is 0.574. The topological polar surface area (TPSA) is 28.2 Å². The maximum Gasteiger partial charge on any atom is 0.183 e. The SMILES string of the molecule is Clc1ncc(CNc2ccc(N3CCCCC3)c(Cl)c2)s1. The van der Waals surface area contributed by atoms with Crippen LogP contribution in [0.15, 0.2) is 24.4 Å². The maximum absolute atomic E-state index is 6.44. The summed E-state index contributed by atoms with van der Waals surface area (Å²) in [5.41, 5.74) is 2.16. The third-order valence-electron chi connectivity index (χ3n) is 3.64. The van der Waals surface area contributed by atoms with E-state index in [-0.39, 0.29) is 0 Å². The Hall–Kier alpha value is -0.970. The number of thiazole rings is 1. The van der Waals surface area contributed by atoms with Crippen molar-refractivity contribution in [1.82, 2.24) is 4.98 Å². The molecule has 6 heteroatoms. The molecule has 2 aromatic rings. The Balaban J connectivity index is 1.65. The van der Waals surface area contributed by atoms with Crippen LogP contribution in [0.2, 0.25) is 9.49 Å². The van der Waals surface area contributed by atoms with E-state index in [1.165, 1.54) is 30.6 Å². The molecule has 0 aliphatic carbocycles. The predicted octanol–water partition coefficient (Wildman–Crippen LogP) is 5.05. The van der Waals surface area contributed by atoms with Crippen molar-refractivity contribution >= 4 is 45.9 Å². The summed E-state index contributed by atoms with van der Waals surface area (Å²) >= 11 is 13.8. The monoisotopic (exact) mass is 341 g/mol. The van der Waals surface area contributed by atoms with Crippen molar-refractivity contribution in [3.8, 4) is 0 Å². The van der Waals surface area contributed by atoms with Gasteiger partial charge in [0.05, 0.1) is 17.3 Å². The van der Waals surface area contributed by atoms with Crippen LogP contribution in [0.25, 0.3) is 0 Å². The Morgan fingerprint density at radius 3 is 2.67 bits per heavy atom. The average Bonchev–Trinajstić information content (AvgIpc) is 2.92. The Bertz CT molecular complexity index is 609. The highest BCUT2D eigenvalue weighted by atomic mass is 35.5. The van der Waals surface area contributed by atoms with Gasteiger partial charge in [0.15, 0.2) is 4.47 Å². The van der Waals surface area contributed by atoms with Gasteiger partial charge in [-0.3, -0.25) is 0 Å². The molecule has 1 N–H and O–H groups in total. The molecule has 0 unspecified atom stereocenters. The Morgan fingerprint density at radius 1 is 1.19 bits per heavy atom. The highest BCUT2D eigenvalue weighted by Crippen LogP contribution is 2.31. The summed E-state index contributed by atoms with van der Waals surface area (Å²) in [4.78, 5) is 7.51. The van der Waals surface area contributed by atoms with Crippen LogP contribution in [0.1, 0.15) is 24.1 Å². The second-order valence-electron chi connectivity index (χ2n) is 5.15. The zero-order chi connectivity index (χ0) is 14.7. The number of halogens is 2. The lowest BCUT2D eigenvalue weighted by Crippen LogP contribution is -2.29. The van der Waals surface area contributed by atoms with Crippen LogP contribution < -0.4 is 10.2 Å². The van der Waals surface area contributed by atoms with Crippen LogP contribution >= 0.6 is 34.5 Å². The first-order valence-electron chi connectivity index (χ1n) is 7.11. The van der Waals surface area contributed by atoms with E-state index in [0.717, 1.165) is 34.4 Å². The summed E-state index contributed by atoms with van der Waals surface area (Å²) in [6.07, 6.45) is 5.62. The quantitative estimate of drug-likeness (QED) is 0.842. The molecule has 0 bridgehead atoms. The maximum atomic E-state index is 6.44. The van der Waals surface area contributed by atoms with E-state index in [1.54, 1.807) is 6.20 Å². The largest absolute Gasteiger partial charge is 0.380 e. The van der Waals surface area contributed by atoms with Crippen molar-refractivity contribution in [3.05, 3.63) is 38.8 Å². The van der Waals surface area contributed by atoms with Gasteiger partial charge in [-0.15, -0.1) is 11.3 Å². The van der Waals surface area contributed by atoms with E-state index in [1.807, 2.05) is 6.07 Å². The van der Waals surface area contributed by atoms with Crippen LogP contribution in [0.4, 0.5) is 11.4 Å². The molecule has 0 radical (unpaired) electrons. The number of piperidine rings is 1. The molecule has 3 nitrogen and oxygen atoms in total. The fraction of sp³-hybridized carbons (Fsp3) is 0.400. The van der Waals surface area contributed by atoms with Gasteiger partial charge in [-0.1, -0.05) is 23.2 Å². The summed E-state index contributed by atoms with van der Waals surface area (Å²) in [5, 5.41) is 4.16. The van der Waals surface area contributed by atoms with E-state index in [4.69, 9.17) is 23.2 Å². The molecule has 112 valence electrons. The molecule has 1 fully saturated rings. The van der Waals surface area contributed by atoms with E-state index >= 15 is 0 Å². The van der Waals surface area contributed by atoms with Gasteiger partial charge in [0, 0.05) is 29.9 Å². The Morgan fingerprint density at radius 2 is 2.00 bits per heavy atom. The summed E-state index contributed by atoms with van der Waals surface area (Å²) < 4.78 is 0.574. The van der Waals surface area contributed by atoms with Crippen molar-refractivity contribution < 1.29 is 0 Å². The van der Waals surface area contributed by atoms with Gasteiger partial charge in [0.25, 0.3) is 0 Å². The molecule has 1 aromatic carbocycles. The van der Waals surface area contributed by atoms with Crippen LogP contribution in [-0.4, -0.2) is 18.1 Å². The van der Waals surface area contributed by atoms with E-state index < -0.39 is 0 Å². The minimum Gasteiger partial charge on any atom is -0.380 e. The van der Waals surface area contributed by atoms with Crippen molar-refractivity contribution in [2.45, 2.75) is 25.8 Å². The van der Waals surface area contributed by atoms with Crippen LogP contribution in [0.3, 0.4) is 0 Å². The second-order valence-corrected chi connectivity index (χ2v) is 7.25. The molecule has 0 spiro atoms. The lowest BCUT2D eigenvalue weighted by atomic mass is 10.1. The third kappa shape index (κ3) is 3.82. The molecule has 0 atom stereocenters. The second kappa shape index (κ2) is 6.86. The number of hydrogen-bond donors (Lipinski definition) is 1. The Labute approximate surface area is 138 Å². The number of hydrogen-bond acceptors (Lipinski definition) is 4. The standard InChI is InChI=1S/C15H17Cl2N3S/c16-13-8-11(18-9-12-10-19-15(17)21-12)4-5-14(13)20-6-2-1-3-7-20/h4-5,8,10,18H,1-3,6-7,9H2. The highest BCUT2D eigenvalue weighted by molar-refractivity contribution is 7.15. The molecule has 1 saturated heterocycles. The van der Waals surface area contributed by atoms with E-state index in [9.17, 15) is 0 Å². The first-order chi connectivity index (χ1) is 10.2. The predicted molar refractivity (Wildman–Crippen MR) is 92.0 cm³/mol. The van der Waals surface area contributed by atoms with Crippen LogP contribution in [0.5, 0.6) is 0 Å². The number of rotatable bonds is 4. The molecule has 1 aliphatic rings. The third-order valence-corrected chi connectivity index (χ3v) is 5.05. The molecule has 0 amide bonds. The number of benzene rings is 1. The van der Waals surface area contributed by atoms with Gasteiger partial charge in [-0.25, -0.2) is 4.98 Å². The van der Waals surface area contributed by atoms with Crippen molar-refractivity contribution in [1.29, 1.82) is 0 Å². The van der Waals surface area contributed by atoms with Crippen molar-refractivity contribution in [2.75, 3.05) is 23.3 Å². The van der Waals surface area contributed by atoms with E-state index in [2.05, 4.69) is 27.3 Å². The minimum atomic E-state index is 0.574. The van der Waals surface area contributed by atoms with Gasteiger partial charge < -0.3 is 10.2 Å². The molecule has 2 heterocycles. The highest BCUT2D eigenvalue weighted by Gasteiger charge is 2.14. The van der Waals surface area contributed by atoms with E-state index in [0.29, 0.717) is 11.0 Å². The van der Waals surface area contributed by atoms with Crippen LogP contribution in [-0.2, 0) is 6.54 Å². The van der Waals surface area contributed by atoms with Gasteiger partial charge in [-0.05, 0) is 37.5 Å². The normalized spacial score (nSPS) is 15.2. The van der Waals surface area contributed by atoms with Gasteiger partial charge in [-0.2, -0.15) is 0 Å². The Kier molecular flexibility index (Phi) is 4.88. The van der Waals surface area contributed by atoms with Gasteiger partial charge in [0.2, 0.25) is 0 Å². The van der Waals surface area contributed by atoms with Gasteiger partial charge in [0.1, 0.15) is 0 Å². The fourth-order valence-corrected chi connectivity index (χ4v) is 3.78. The number of nitrogens with zero attached hydrogens (tertiary/aromatic N) is 2. The summed E-state index contributed by atoms with van der Waals surface area (Å²) in [6, 6.07) is 6.18. The lowest BCUT2D eigenvalue weighted by molar-refractivity contribution is 0.578. The number of nitrogens with one attached hydrogen (secondary N) is 1. The number of anilines is 2. The average molecular weight is 342 g/mol. The molecular formula is C15H17Cl2N3S. The van der Waals surface area contributed by atoms with Crippen LogP contribution in [0, 0.1) is 0 Å². The first kappa shape index (κ1) is 14.9. The molecule has 0 saturated carbocycles. The number of aromatic nitrogens is 1. The lowest BCUT2D eigenvalue weighted by Gasteiger charge is -2.29. The zero-order valence-corrected chi connectivity index (χ0v) is 13.9. The smallest absolute Gasteiger partial charge is 0.183 e. The van der Waals surface area contributed by atoms with Gasteiger partial charge >= 0.3 is 0 Å². The molecule has 1 aliphatic heterocycles.